The number of likely N-dealkylation sites (N-methyl/N-ethyl adjacent to an activating group) is 1. The SMILES string of the molecule is CCC(=O)O[C@@H]1[C@@H]2C(C(=O)c3c(ccc(N)c3O)[C@H]2C)C(=O)[C@@]2(O)C(=O)C(C(N)=O)C(=O)[C@H](N(C)C)[C@@H]12. The molecule has 2 unspecified atom stereocenters. The van der Waals surface area contributed by atoms with Gasteiger partial charge in [-0.3, -0.25) is 33.7 Å². The van der Waals surface area contributed by atoms with E-state index >= 15 is 0 Å². The number of esters is 1. The van der Waals surface area contributed by atoms with E-state index in [1.165, 1.54) is 38.1 Å². The Labute approximate surface area is 211 Å². The zero-order valence-electron chi connectivity index (χ0n) is 20.8. The van der Waals surface area contributed by atoms with E-state index in [9.17, 15) is 39.0 Å². The molecule has 0 aliphatic heterocycles. The number of aromatic hydroxyl groups is 1. The number of carbonyl (C=O) groups excluding carboxylic acids is 6. The molecule has 3 aliphatic rings. The minimum absolute atomic E-state index is 0.109. The lowest BCUT2D eigenvalue weighted by Gasteiger charge is -2.56. The molecule has 198 valence electrons. The van der Waals surface area contributed by atoms with Gasteiger partial charge in [0.25, 0.3) is 0 Å². The number of phenolic OH excluding ortho intramolecular Hbond substituents is 1. The highest BCUT2D eigenvalue weighted by Crippen LogP contribution is 2.55. The molecule has 0 spiro atoms. The van der Waals surface area contributed by atoms with Crippen LogP contribution in [0, 0.1) is 23.7 Å². The summed E-state index contributed by atoms with van der Waals surface area (Å²) in [4.78, 5) is 80.7. The minimum Gasteiger partial charge on any atom is -0.505 e. The van der Waals surface area contributed by atoms with E-state index in [1.54, 1.807) is 6.92 Å². The zero-order chi connectivity index (χ0) is 27.7. The van der Waals surface area contributed by atoms with Crippen LogP contribution in [-0.4, -0.2) is 82.0 Å². The van der Waals surface area contributed by atoms with Gasteiger partial charge in [0.2, 0.25) is 5.91 Å². The molecular weight excluding hydrogens is 486 g/mol. The maximum absolute atomic E-state index is 14.0. The average Bonchev–Trinajstić information content (AvgIpc) is 2.82. The molecule has 2 fully saturated rings. The van der Waals surface area contributed by atoms with Gasteiger partial charge in [-0.15, -0.1) is 0 Å². The highest BCUT2D eigenvalue weighted by Gasteiger charge is 2.74. The number of primary amides is 1. The Hall–Kier alpha value is -3.64. The first-order valence-electron chi connectivity index (χ1n) is 11.9. The predicted molar refractivity (Wildman–Crippen MR) is 126 cm³/mol. The van der Waals surface area contributed by atoms with Gasteiger partial charge >= 0.3 is 5.97 Å². The Balaban J connectivity index is 2.04. The van der Waals surface area contributed by atoms with Crippen molar-refractivity contribution < 1.29 is 43.7 Å². The summed E-state index contributed by atoms with van der Waals surface area (Å²) >= 11 is 0. The number of nitrogen functional groups attached to an aromatic ring is 1. The van der Waals surface area contributed by atoms with E-state index < -0.39 is 88.1 Å². The molecule has 12 heteroatoms. The fourth-order valence-electron chi connectivity index (χ4n) is 6.36. The van der Waals surface area contributed by atoms with Crippen molar-refractivity contribution in [2.45, 2.75) is 43.9 Å². The Kier molecular flexibility index (Phi) is 6.24. The summed E-state index contributed by atoms with van der Waals surface area (Å²) in [6.45, 7) is 3.15. The summed E-state index contributed by atoms with van der Waals surface area (Å²) in [6.07, 6.45) is -1.57. The van der Waals surface area contributed by atoms with Gasteiger partial charge in [-0.25, -0.2) is 0 Å². The number of Topliss-reactive ketones (excluding diaryl/α,β-unsaturated/α-hetero) is 4. The van der Waals surface area contributed by atoms with Crippen LogP contribution in [0.1, 0.15) is 42.1 Å². The van der Waals surface area contributed by atoms with Crippen LogP contribution in [0.3, 0.4) is 0 Å². The van der Waals surface area contributed by atoms with Crippen molar-refractivity contribution in [3.8, 4) is 5.75 Å². The number of ether oxygens (including phenoxy) is 1. The van der Waals surface area contributed by atoms with Gasteiger partial charge in [0.1, 0.15) is 11.9 Å². The standard InChI is InChI=1S/C25H29N3O9/c1-5-11(29)37-21-12-8(2)9-6-7-10(26)18(30)13(9)19(31)14(12)22(33)25(36)16(21)17(28(3)4)20(32)15(23(25)34)24(27)35/h6-8,12,14-17,21,30,36H,5,26H2,1-4H3,(H2,27,35)/t8-,12+,14?,15?,16+,17-,21-,25-/m1/s1. The number of nitrogens with two attached hydrogens (primary N) is 2. The first kappa shape index (κ1) is 26.4. The second-order valence-corrected chi connectivity index (χ2v) is 10.2. The first-order valence-corrected chi connectivity index (χ1v) is 11.9. The topological polar surface area (TPSA) is 207 Å². The molecule has 6 N–H and O–H groups in total. The number of fused-ring (bicyclic) bond motifs is 3. The number of phenols is 1. The molecule has 0 radical (unpaired) electrons. The van der Waals surface area contributed by atoms with Crippen LogP contribution in [0.25, 0.3) is 0 Å². The van der Waals surface area contributed by atoms with Gasteiger partial charge in [0.15, 0.2) is 34.7 Å². The minimum atomic E-state index is -3.05. The van der Waals surface area contributed by atoms with Crippen LogP contribution in [0.2, 0.25) is 0 Å². The zero-order valence-corrected chi connectivity index (χ0v) is 20.8. The lowest BCUT2D eigenvalue weighted by molar-refractivity contribution is -0.205. The van der Waals surface area contributed by atoms with Crippen LogP contribution in [0.5, 0.6) is 5.75 Å². The number of aliphatic hydroxyl groups is 1. The second-order valence-electron chi connectivity index (χ2n) is 10.2. The Morgan fingerprint density at radius 2 is 1.76 bits per heavy atom. The molecule has 2 saturated carbocycles. The summed E-state index contributed by atoms with van der Waals surface area (Å²) < 4.78 is 5.72. The maximum atomic E-state index is 14.0. The molecule has 3 aliphatic carbocycles. The van der Waals surface area contributed by atoms with Crippen LogP contribution >= 0.6 is 0 Å². The van der Waals surface area contributed by atoms with Crippen molar-refractivity contribution in [3.63, 3.8) is 0 Å². The maximum Gasteiger partial charge on any atom is 0.305 e. The van der Waals surface area contributed by atoms with Crippen molar-refractivity contribution in [2.75, 3.05) is 19.8 Å². The number of amides is 1. The molecule has 1 aromatic rings. The molecule has 0 bridgehead atoms. The third kappa shape index (κ3) is 3.42. The van der Waals surface area contributed by atoms with E-state index in [2.05, 4.69) is 0 Å². The summed E-state index contributed by atoms with van der Waals surface area (Å²) in [5.74, 6) is -14.5. The molecule has 0 aromatic heterocycles. The number of nitrogens with zero attached hydrogens (tertiary/aromatic N) is 1. The number of hydrogen-bond acceptors (Lipinski definition) is 11. The fourth-order valence-corrected chi connectivity index (χ4v) is 6.36. The lowest BCUT2D eigenvalue weighted by Crippen LogP contribution is -2.78. The largest absolute Gasteiger partial charge is 0.505 e. The molecule has 12 nitrogen and oxygen atoms in total. The number of carbonyl (C=O) groups is 6. The van der Waals surface area contributed by atoms with E-state index in [0.29, 0.717) is 5.56 Å². The van der Waals surface area contributed by atoms with E-state index in [0.717, 1.165) is 0 Å². The highest BCUT2D eigenvalue weighted by atomic mass is 16.5. The Bertz CT molecular complexity index is 1260. The number of anilines is 1. The summed E-state index contributed by atoms with van der Waals surface area (Å²) in [7, 11) is 2.88. The van der Waals surface area contributed by atoms with Gasteiger partial charge in [-0.1, -0.05) is 19.9 Å². The van der Waals surface area contributed by atoms with Crippen LogP contribution in [0.4, 0.5) is 5.69 Å². The van der Waals surface area contributed by atoms with E-state index in [-0.39, 0.29) is 17.7 Å². The lowest BCUT2D eigenvalue weighted by atomic mass is 9.49. The third-order valence-corrected chi connectivity index (χ3v) is 8.05. The molecule has 37 heavy (non-hydrogen) atoms. The van der Waals surface area contributed by atoms with Crippen LogP contribution in [-0.2, 0) is 28.7 Å². The molecule has 1 aromatic carbocycles. The van der Waals surface area contributed by atoms with Gasteiger partial charge in [-0.2, -0.15) is 0 Å². The number of rotatable bonds is 4. The summed E-state index contributed by atoms with van der Waals surface area (Å²) in [6, 6.07) is 1.47. The predicted octanol–water partition coefficient (Wildman–Crippen LogP) is -1.06. The molecule has 1 amide bonds. The van der Waals surface area contributed by atoms with Gasteiger partial charge in [0, 0.05) is 12.3 Å². The van der Waals surface area contributed by atoms with Crippen molar-refractivity contribution in [1.82, 2.24) is 4.90 Å². The Morgan fingerprint density at radius 3 is 2.30 bits per heavy atom. The van der Waals surface area contributed by atoms with Gasteiger partial charge in [-0.05, 0) is 31.6 Å². The average molecular weight is 516 g/mol. The van der Waals surface area contributed by atoms with Crippen LogP contribution in [0.15, 0.2) is 12.1 Å². The number of benzene rings is 1. The highest BCUT2D eigenvalue weighted by molar-refractivity contribution is 6.32. The molecule has 8 atom stereocenters. The number of hydrogen-bond donors (Lipinski definition) is 4. The quantitative estimate of drug-likeness (QED) is 0.164. The van der Waals surface area contributed by atoms with Gasteiger partial charge < -0.3 is 26.4 Å². The fraction of sp³-hybridized carbons (Fsp3) is 0.520. The third-order valence-electron chi connectivity index (χ3n) is 8.05. The number of ketones is 4. The molecule has 0 heterocycles. The van der Waals surface area contributed by atoms with Crippen LogP contribution < -0.4 is 11.5 Å². The summed E-state index contributed by atoms with van der Waals surface area (Å²) in [5.41, 5.74) is 8.04. The molecule has 4 rings (SSSR count). The van der Waals surface area contributed by atoms with Crippen molar-refractivity contribution in [1.29, 1.82) is 0 Å². The van der Waals surface area contributed by atoms with Crippen molar-refractivity contribution in [2.24, 2.45) is 29.4 Å². The van der Waals surface area contributed by atoms with E-state index in [1.807, 2.05) is 0 Å². The first-order chi connectivity index (χ1) is 17.2. The van der Waals surface area contributed by atoms with E-state index in [4.69, 9.17) is 16.2 Å². The smallest absolute Gasteiger partial charge is 0.305 e. The molecular formula is C25H29N3O9. The second kappa shape index (κ2) is 8.73. The van der Waals surface area contributed by atoms with Crippen molar-refractivity contribution in [3.05, 3.63) is 23.3 Å². The van der Waals surface area contributed by atoms with Crippen molar-refractivity contribution >= 4 is 40.7 Å². The monoisotopic (exact) mass is 515 g/mol. The summed E-state index contributed by atoms with van der Waals surface area (Å²) in [5, 5.41) is 22.4. The normalized spacial score (nSPS) is 35.0. The molecule has 0 saturated heterocycles. The Morgan fingerprint density at radius 1 is 1.14 bits per heavy atom. The van der Waals surface area contributed by atoms with Gasteiger partial charge in [0.05, 0.1) is 29.1 Å².